The van der Waals surface area contributed by atoms with Gasteiger partial charge in [0.15, 0.2) is 0 Å². The number of nitrogens with zero attached hydrogens (tertiary/aromatic N) is 1. The molecule has 2 heterocycles. The zero-order valence-electron chi connectivity index (χ0n) is 18.8. The Morgan fingerprint density at radius 1 is 1.19 bits per heavy atom. The SMILES string of the molecule is CCOC(=O)[C@@H]1CCCN(CC2=C(C(=O)OC)[C@@H](c3ccccc3OCC)NC(=O)N2)C1. The van der Waals surface area contributed by atoms with Crippen LogP contribution in [0.4, 0.5) is 4.79 Å². The van der Waals surface area contributed by atoms with Crippen LogP contribution in [-0.4, -0.2) is 62.8 Å². The number of carbonyl (C=O) groups is 3. The molecular formula is C23H31N3O6. The molecule has 9 nitrogen and oxygen atoms in total. The Morgan fingerprint density at radius 2 is 1.97 bits per heavy atom. The number of nitrogens with one attached hydrogen (secondary N) is 2. The first-order valence-corrected chi connectivity index (χ1v) is 11.0. The number of hydrogen-bond donors (Lipinski definition) is 2. The highest BCUT2D eigenvalue weighted by Crippen LogP contribution is 2.34. The maximum atomic E-state index is 12.8. The van der Waals surface area contributed by atoms with Crippen molar-refractivity contribution >= 4 is 18.0 Å². The molecule has 3 rings (SSSR count). The van der Waals surface area contributed by atoms with Crippen LogP contribution in [0.25, 0.3) is 0 Å². The van der Waals surface area contributed by atoms with Gasteiger partial charge in [-0.15, -0.1) is 0 Å². The molecule has 9 heteroatoms. The van der Waals surface area contributed by atoms with Gasteiger partial charge in [-0.2, -0.15) is 0 Å². The first-order chi connectivity index (χ1) is 15.5. The minimum absolute atomic E-state index is 0.211. The number of rotatable bonds is 8. The first kappa shape index (κ1) is 23.6. The number of likely N-dealkylation sites (tertiary alicyclic amines) is 1. The fourth-order valence-corrected chi connectivity index (χ4v) is 4.21. The van der Waals surface area contributed by atoms with Crippen molar-refractivity contribution in [1.82, 2.24) is 15.5 Å². The molecule has 2 N–H and O–H groups in total. The summed E-state index contributed by atoms with van der Waals surface area (Å²) >= 11 is 0. The zero-order valence-corrected chi connectivity index (χ0v) is 18.8. The molecule has 0 saturated carbocycles. The molecule has 1 fully saturated rings. The fourth-order valence-electron chi connectivity index (χ4n) is 4.21. The molecule has 2 atom stereocenters. The van der Waals surface area contributed by atoms with Crippen LogP contribution < -0.4 is 15.4 Å². The lowest BCUT2D eigenvalue weighted by molar-refractivity contribution is -0.150. The van der Waals surface area contributed by atoms with E-state index < -0.39 is 18.0 Å². The summed E-state index contributed by atoms with van der Waals surface area (Å²) in [6, 6.07) is 6.15. The van der Waals surface area contributed by atoms with Crippen LogP contribution in [0.5, 0.6) is 5.75 Å². The molecule has 1 aromatic carbocycles. The molecule has 0 radical (unpaired) electrons. The van der Waals surface area contributed by atoms with E-state index in [1.807, 2.05) is 25.1 Å². The van der Waals surface area contributed by atoms with Crippen molar-refractivity contribution < 1.29 is 28.6 Å². The lowest BCUT2D eigenvalue weighted by atomic mass is 9.93. The number of benzene rings is 1. The van der Waals surface area contributed by atoms with Crippen LogP contribution in [0.2, 0.25) is 0 Å². The third-order valence-corrected chi connectivity index (χ3v) is 5.60. The molecule has 2 amide bonds. The highest BCUT2D eigenvalue weighted by Gasteiger charge is 2.36. The molecule has 0 aliphatic carbocycles. The number of methoxy groups -OCH3 is 1. The Hall–Kier alpha value is -3.07. The lowest BCUT2D eigenvalue weighted by Crippen LogP contribution is -2.50. The van der Waals surface area contributed by atoms with E-state index in [0.29, 0.717) is 48.9 Å². The van der Waals surface area contributed by atoms with Crippen molar-refractivity contribution in [2.45, 2.75) is 32.7 Å². The maximum Gasteiger partial charge on any atom is 0.338 e. The monoisotopic (exact) mass is 445 g/mol. The summed E-state index contributed by atoms with van der Waals surface area (Å²) in [7, 11) is 1.31. The van der Waals surface area contributed by atoms with Gasteiger partial charge in [-0.3, -0.25) is 9.69 Å². The molecule has 1 saturated heterocycles. The van der Waals surface area contributed by atoms with Crippen molar-refractivity contribution in [2.24, 2.45) is 5.92 Å². The van der Waals surface area contributed by atoms with Gasteiger partial charge in [0.2, 0.25) is 0 Å². The molecule has 174 valence electrons. The summed E-state index contributed by atoms with van der Waals surface area (Å²) in [5.41, 5.74) is 1.45. The Bertz CT molecular complexity index is 884. The molecule has 2 aliphatic heterocycles. The highest BCUT2D eigenvalue weighted by molar-refractivity contribution is 5.95. The number of para-hydroxylation sites is 1. The molecular weight excluding hydrogens is 414 g/mol. The molecule has 1 aromatic rings. The molecule has 32 heavy (non-hydrogen) atoms. The van der Waals surface area contributed by atoms with Crippen molar-refractivity contribution in [2.75, 3.05) is 40.0 Å². The quantitative estimate of drug-likeness (QED) is 0.591. The van der Waals surface area contributed by atoms with Crippen LogP contribution in [0.1, 0.15) is 38.3 Å². The van der Waals surface area contributed by atoms with E-state index in [1.165, 1.54) is 7.11 Å². The van der Waals surface area contributed by atoms with Gasteiger partial charge < -0.3 is 24.8 Å². The summed E-state index contributed by atoms with van der Waals surface area (Å²) < 4.78 is 16.0. The van der Waals surface area contributed by atoms with E-state index in [-0.39, 0.29) is 11.9 Å². The number of amides is 2. The molecule has 0 unspecified atom stereocenters. The topological polar surface area (TPSA) is 106 Å². The number of urea groups is 1. The van der Waals surface area contributed by atoms with Crippen molar-refractivity contribution in [3.8, 4) is 5.75 Å². The Morgan fingerprint density at radius 3 is 2.69 bits per heavy atom. The standard InChI is InChI=1S/C23H31N3O6/c1-4-31-18-11-7-6-10-16(18)20-19(22(28)30-3)17(24-23(29)25-20)14-26-12-8-9-15(13-26)21(27)32-5-2/h6-7,10-11,15,20H,4-5,8-9,12-14H2,1-3H3,(H2,24,25,29)/t15-,20-/m1/s1. The molecule has 0 bridgehead atoms. The molecule has 0 aromatic heterocycles. The smallest absolute Gasteiger partial charge is 0.338 e. The lowest BCUT2D eigenvalue weighted by Gasteiger charge is -2.35. The second-order valence-corrected chi connectivity index (χ2v) is 7.71. The number of piperidine rings is 1. The van der Waals surface area contributed by atoms with E-state index in [1.54, 1.807) is 13.0 Å². The summed E-state index contributed by atoms with van der Waals surface area (Å²) in [6.45, 7) is 6.00. The molecule has 2 aliphatic rings. The van der Waals surface area contributed by atoms with Gasteiger partial charge in [0.05, 0.1) is 37.9 Å². The summed E-state index contributed by atoms with van der Waals surface area (Å²) in [5, 5.41) is 5.61. The van der Waals surface area contributed by atoms with Gasteiger partial charge in [0, 0.05) is 24.4 Å². The van der Waals surface area contributed by atoms with Gasteiger partial charge in [0.1, 0.15) is 5.75 Å². The number of carbonyl (C=O) groups excluding carboxylic acids is 3. The van der Waals surface area contributed by atoms with Gasteiger partial charge in [-0.1, -0.05) is 18.2 Å². The van der Waals surface area contributed by atoms with Gasteiger partial charge in [-0.25, -0.2) is 9.59 Å². The Kier molecular flexibility index (Phi) is 8.10. The molecule has 0 spiro atoms. The third-order valence-electron chi connectivity index (χ3n) is 5.60. The van der Waals surface area contributed by atoms with Crippen LogP contribution in [0.3, 0.4) is 0 Å². The van der Waals surface area contributed by atoms with Gasteiger partial charge in [0.25, 0.3) is 0 Å². The first-order valence-electron chi connectivity index (χ1n) is 11.0. The second-order valence-electron chi connectivity index (χ2n) is 7.71. The largest absolute Gasteiger partial charge is 0.494 e. The Labute approximate surface area is 188 Å². The third kappa shape index (κ3) is 5.40. The maximum absolute atomic E-state index is 12.8. The van der Waals surface area contributed by atoms with Crippen molar-refractivity contribution in [3.63, 3.8) is 0 Å². The van der Waals surface area contributed by atoms with Crippen molar-refractivity contribution in [3.05, 3.63) is 41.1 Å². The minimum atomic E-state index is -0.723. The van der Waals surface area contributed by atoms with E-state index in [9.17, 15) is 14.4 Å². The van der Waals surface area contributed by atoms with E-state index in [2.05, 4.69) is 15.5 Å². The van der Waals surface area contributed by atoms with Gasteiger partial charge >= 0.3 is 18.0 Å². The summed E-state index contributed by atoms with van der Waals surface area (Å²) in [5.74, 6) is -0.388. The predicted octanol–water partition coefficient (Wildman–Crippen LogP) is 2.14. The summed E-state index contributed by atoms with van der Waals surface area (Å²) in [6.07, 6.45) is 1.59. The zero-order chi connectivity index (χ0) is 23.1. The second kappa shape index (κ2) is 11.0. The van der Waals surface area contributed by atoms with Crippen LogP contribution >= 0.6 is 0 Å². The summed E-state index contributed by atoms with van der Waals surface area (Å²) in [4.78, 5) is 39.6. The number of hydrogen-bond acceptors (Lipinski definition) is 7. The van der Waals surface area contributed by atoms with Crippen LogP contribution in [0, 0.1) is 5.92 Å². The van der Waals surface area contributed by atoms with Crippen LogP contribution in [0.15, 0.2) is 35.5 Å². The van der Waals surface area contributed by atoms with E-state index in [4.69, 9.17) is 14.2 Å². The Balaban J connectivity index is 1.93. The number of esters is 2. The normalized spacial score (nSPS) is 21.4. The average molecular weight is 446 g/mol. The van der Waals surface area contributed by atoms with Crippen LogP contribution in [-0.2, 0) is 19.1 Å². The number of ether oxygens (including phenoxy) is 3. The minimum Gasteiger partial charge on any atom is -0.494 e. The predicted molar refractivity (Wildman–Crippen MR) is 117 cm³/mol. The van der Waals surface area contributed by atoms with Crippen molar-refractivity contribution in [1.29, 1.82) is 0 Å². The van der Waals surface area contributed by atoms with E-state index >= 15 is 0 Å². The average Bonchev–Trinajstić information content (AvgIpc) is 2.79. The highest BCUT2D eigenvalue weighted by atomic mass is 16.5. The van der Waals surface area contributed by atoms with Gasteiger partial charge in [-0.05, 0) is 39.3 Å². The fraction of sp³-hybridized carbons (Fsp3) is 0.522. The van der Waals surface area contributed by atoms with E-state index in [0.717, 1.165) is 19.4 Å².